The second-order valence-corrected chi connectivity index (χ2v) is 5.07. The van der Waals surface area contributed by atoms with Crippen LogP contribution >= 0.6 is 11.6 Å². The van der Waals surface area contributed by atoms with Gasteiger partial charge in [-0.1, -0.05) is 23.7 Å². The van der Waals surface area contributed by atoms with Crippen LogP contribution in [0.25, 0.3) is 0 Å². The normalized spacial score (nSPS) is 12.2. The highest BCUT2D eigenvalue weighted by molar-refractivity contribution is 6.31. The lowest BCUT2D eigenvalue weighted by atomic mass is 10.2. The van der Waals surface area contributed by atoms with Crippen LogP contribution in [0.4, 0.5) is 4.39 Å². The van der Waals surface area contributed by atoms with Gasteiger partial charge in [-0.15, -0.1) is 0 Å². The van der Waals surface area contributed by atoms with Crippen LogP contribution in [0.2, 0.25) is 5.02 Å². The van der Waals surface area contributed by atoms with Gasteiger partial charge >= 0.3 is 0 Å². The Bertz CT molecular complexity index is 688. The Morgan fingerprint density at radius 1 is 1.52 bits per heavy atom. The number of hydrogen-bond acceptors (Lipinski definition) is 4. The molecule has 112 valence electrons. The molecule has 7 heteroatoms. The highest BCUT2D eigenvalue weighted by Crippen LogP contribution is 2.20. The zero-order valence-corrected chi connectivity index (χ0v) is 12.2. The van der Waals surface area contributed by atoms with Crippen molar-refractivity contribution in [2.24, 2.45) is 5.73 Å². The van der Waals surface area contributed by atoms with E-state index in [1.807, 2.05) is 0 Å². The summed E-state index contributed by atoms with van der Waals surface area (Å²) in [5, 5.41) is 3.97. The zero-order valence-electron chi connectivity index (χ0n) is 11.4. The number of hydrogen-bond donors (Lipinski definition) is 1. The number of halogens is 2. The van der Waals surface area contributed by atoms with E-state index in [0.717, 1.165) is 0 Å². The van der Waals surface area contributed by atoms with E-state index in [9.17, 15) is 9.18 Å². The molecule has 0 aliphatic rings. The van der Waals surface area contributed by atoms with Gasteiger partial charge in [-0.2, -0.15) is 5.10 Å². The Kier molecular flexibility index (Phi) is 4.93. The van der Waals surface area contributed by atoms with Gasteiger partial charge in [0.1, 0.15) is 18.2 Å². The molecule has 1 aromatic heterocycles. The average Bonchev–Trinajstić information content (AvgIpc) is 2.44. The van der Waals surface area contributed by atoms with Gasteiger partial charge in [0, 0.05) is 12.1 Å². The van der Waals surface area contributed by atoms with Crippen LogP contribution in [0, 0.1) is 5.82 Å². The molecule has 0 fully saturated rings. The van der Waals surface area contributed by atoms with E-state index >= 15 is 0 Å². The molecule has 1 aromatic carbocycles. The number of nitrogens with zero attached hydrogens (tertiary/aromatic N) is 2. The molecule has 2 N–H and O–H groups in total. The Hall–Kier alpha value is -1.92. The number of aromatic nitrogens is 2. The van der Waals surface area contributed by atoms with Gasteiger partial charge in [0.15, 0.2) is 0 Å². The Balaban J connectivity index is 2.18. The molecule has 5 nitrogen and oxygen atoms in total. The van der Waals surface area contributed by atoms with Crippen LogP contribution in [-0.2, 0) is 6.54 Å². The van der Waals surface area contributed by atoms with Gasteiger partial charge in [0.2, 0.25) is 0 Å². The van der Waals surface area contributed by atoms with Crippen molar-refractivity contribution in [1.82, 2.24) is 9.78 Å². The molecule has 2 rings (SSSR count). The van der Waals surface area contributed by atoms with Crippen LogP contribution in [0.15, 0.2) is 35.3 Å². The van der Waals surface area contributed by atoms with E-state index in [1.54, 1.807) is 13.0 Å². The van der Waals surface area contributed by atoms with E-state index in [0.29, 0.717) is 17.9 Å². The van der Waals surface area contributed by atoms with Gasteiger partial charge < -0.3 is 10.5 Å². The topological polar surface area (TPSA) is 70.1 Å². The summed E-state index contributed by atoms with van der Waals surface area (Å²) in [7, 11) is 0. The Morgan fingerprint density at radius 3 is 2.95 bits per heavy atom. The molecule has 0 aliphatic carbocycles. The molecule has 0 saturated carbocycles. The van der Waals surface area contributed by atoms with Gasteiger partial charge in [-0.05, 0) is 18.6 Å². The molecule has 1 unspecified atom stereocenters. The smallest absolute Gasteiger partial charge is 0.270 e. The molecular formula is C14H15ClFN3O2. The summed E-state index contributed by atoms with van der Waals surface area (Å²) in [6, 6.07) is 5.59. The van der Waals surface area contributed by atoms with Crippen molar-refractivity contribution in [3.8, 4) is 5.75 Å². The molecule has 21 heavy (non-hydrogen) atoms. The fourth-order valence-electron chi connectivity index (χ4n) is 1.67. The van der Waals surface area contributed by atoms with Gasteiger partial charge in [0.25, 0.3) is 5.56 Å². The molecule has 0 saturated heterocycles. The van der Waals surface area contributed by atoms with Crippen molar-refractivity contribution in [3.05, 3.63) is 57.2 Å². The van der Waals surface area contributed by atoms with Crippen molar-refractivity contribution in [1.29, 1.82) is 0 Å². The minimum atomic E-state index is -0.529. The van der Waals surface area contributed by atoms with Gasteiger partial charge in [-0.25, -0.2) is 9.07 Å². The Labute approximate surface area is 126 Å². The fraction of sp³-hybridized carbons (Fsp3) is 0.286. The van der Waals surface area contributed by atoms with Crippen molar-refractivity contribution >= 4 is 11.6 Å². The van der Waals surface area contributed by atoms with E-state index in [4.69, 9.17) is 22.1 Å². The quantitative estimate of drug-likeness (QED) is 0.914. The van der Waals surface area contributed by atoms with E-state index in [2.05, 4.69) is 5.10 Å². The lowest BCUT2D eigenvalue weighted by Crippen LogP contribution is -2.26. The molecule has 1 atom stereocenters. The van der Waals surface area contributed by atoms with E-state index in [1.165, 1.54) is 29.1 Å². The molecule has 0 bridgehead atoms. The largest absolute Gasteiger partial charge is 0.490 e. The van der Waals surface area contributed by atoms with Crippen molar-refractivity contribution in [2.75, 3.05) is 6.61 Å². The third-order valence-electron chi connectivity index (χ3n) is 2.71. The molecule has 0 amide bonds. The SMILES string of the molecule is CC(N)COc1cnn(Cc2cccc(F)c2Cl)c(=O)c1. The maximum absolute atomic E-state index is 13.4. The van der Waals surface area contributed by atoms with Gasteiger partial charge in [-0.3, -0.25) is 4.79 Å². The first-order valence-corrected chi connectivity index (χ1v) is 6.73. The average molecular weight is 312 g/mol. The number of nitrogens with two attached hydrogens (primary N) is 1. The zero-order chi connectivity index (χ0) is 15.4. The van der Waals surface area contributed by atoms with Crippen molar-refractivity contribution in [3.63, 3.8) is 0 Å². The lowest BCUT2D eigenvalue weighted by Gasteiger charge is -2.10. The van der Waals surface area contributed by atoms with Gasteiger partial charge in [0.05, 0.1) is 17.8 Å². The monoisotopic (exact) mass is 311 g/mol. The van der Waals surface area contributed by atoms with Crippen LogP contribution in [0.3, 0.4) is 0 Å². The molecule has 0 spiro atoms. The van der Waals surface area contributed by atoms with Crippen molar-refractivity contribution < 1.29 is 9.13 Å². The van der Waals surface area contributed by atoms with Crippen LogP contribution in [0.1, 0.15) is 12.5 Å². The lowest BCUT2D eigenvalue weighted by molar-refractivity contribution is 0.293. The van der Waals surface area contributed by atoms with Crippen LogP contribution in [-0.4, -0.2) is 22.4 Å². The first kappa shape index (κ1) is 15.5. The first-order valence-electron chi connectivity index (χ1n) is 6.36. The summed E-state index contributed by atoms with van der Waals surface area (Å²) in [6.07, 6.45) is 1.41. The van der Waals surface area contributed by atoms with E-state index in [-0.39, 0.29) is 23.2 Å². The second-order valence-electron chi connectivity index (χ2n) is 4.69. The molecule has 0 radical (unpaired) electrons. The predicted octanol–water partition coefficient (Wildman–Crippen LogP) is 1.81. The van der Waals surface area contributed by atoms with Crippen LogP contribution in [0.5, 0.6) is 5.75 Å². The maximum atomic E-state index is 13.4. The fourth-order valence-corrected chi connectivity index (χ4v) is 1.86. The summed E-state index contributed by atoms with van der Waals surface area (Å²) in [5.74, 6) is -0.182. The molecule has 0 aliphatic heterocycles. The van der Waals surface area contributed by atoms with Crippen molar-refractivity contribution in [2.45, 2.75) is 19.5 Å². The molecule has 2 aromatic rings. The minimum absolute atomic E-state index is 0.0107. The number of ether oxygens (including phenoxy) is 1. The highest BCUT2D eigenvalue weighted by Gasteiger charge is 2.08. The Morgan fingerprint density at radius 2 is 2.29 bits per heavy atom. The predicted molar refractivity (Wildman–Crippen MR) is 78.2 cm³/mol. The summed E-state index contributed by atoms with van der Waals surface area (Å²) >= 11 is 5.85. The summed E-state index contributed by atoms with van der Waals surface area (Å²) in [4.78, 5) is 11.9. The summed E-state index contributed by atoms with van der Waals surface area (Å²) in [5.41, 5.74) is 5.68. The standard InChI is InChI=1S/C14H15ClFN3O2/c1-9(17)8-21-11-5-13(20)19(18-6-11)7-10-3-2-4-12(16)14(10)15/h2-6,9H,7-8,17H2,1H3. The third-order valence-corrected chi connectivity index (χ3v) is 3.13. The molecule has 1 heterocycles. The number of rotatable bonds is 5. The van der Waals surface area contributed by atoms with Crippen LogP contribution < -0.4 is 16.0 Å². The number of benzene rings is 1. The highest BCUT2D eigenvalue weighted by atomic mass is 35.5. The summed E-state index contributed by atoms with van der Waals surface area (Å²) < 4.78 is 19.8. The minimum Gasteiger partial charge on any atom is -0.490 e. The third kappa shape index (κ3) is 4.03. The molecular weight excluding hydrogens is 297 g/mol. The maximum Gasteiger partial charge on any atom is 0.270 e. The summed E-state index contributed by atoms with van der Waals surface area (Å²) in [6.45, 7) is 2.17. The second kappa shape index (κ2) is 6.69. The van der Waals surface area contributed by atoms with E-state index < -0.39 is 5.82 Å². The first-order chi connectivity index (χ1) is 9.97.